The summed E-state index contributed by atoms with van der Waals surface area (Å²) in [6, 6.07) is 11.8. The Hall–Kier alpha value is -2.34. The number of carbonyl (C=O) groups is 1. The number of alkyl halides is 3. The van der Waals surface area contributed by atoms with Crippen molar-refractivity contribution in [3.05, 3.63) is 65.2 Å². The summed E-state index contributed by atoms with van der Waals surface area (Å²) < 4.78 is 38.8. The van der Waals surface area contributed by atoms with E-state index >= 15 is 0 Å². The number of carbonyl (C=O) groups excluding carboxylic acids is 1. The van der Waals surface area contributed by atoms with Crippen molar-refractivity contribution in [2.24, 2.45) is 5.73 Å². The molecule has 0 saturated heterocycles. The van der Waals surface area contributed by atoms with E-state index in [4.69, 9.17) is 5.73 Å². The van der Waals surface area contributed by atoms with Crippen molar-refractivity contribution in [1.82, 2.24) is 0 Å². The number of halogens is 3. The van der Waals surface area contributed by atoms with Gasteiger partial charge < -0.3 is 10.6 Å². The molecule has 0 radical (unpaired) electrons. The van der Waals surface area contributed by atoms with E-state index in [2.05, 4.69) is 0 Å². The highest BCUT2D eigenvalue weighted by Crippen LogP contribution is 2.32. The molecule has 6 heteroatoms. The van der Waals surface area contributed by atoms with Gasteiger partial charge in [-0.2, -0.15) is 13.2 Å². The van der Waals surface area contributed by atoms with Crippen molar-refractivity contribution < 1.29 is 18.0 Å². The van der Waals surface area contributed by atoms with Gasteiger partial charge in [0.15, 0.2) is 0 Å². The Bertz CT molecular complexity index is 713. The zero-order valence-corrected chi connectivity index (χ0v) is 13.3. The third-order valence-corrected chi connectivity index (χ3v) is 3.69. The molecule has 128 valence electrons. The zero-order chi connectivity index (χ0) is 17.7. The maximum absolute atomic E-state index is 12.9. The first kappa shape index (κ1) is 18.0. The van der Waals surface area contributed by atoms with Gasteiger partial charge in [0.1, 0.15) is 0 Å². The molecule has 0 saturated carbocycles. The molecule has 0 bridgehead atoms. The summed E-state index contributed by atoms with van der Waals surface area (Å²) in [6.07, 6.45) is -3.96. The molecule has 0 unspecified atom stereocenters. The Labute approximate surface area is 138 Å². The van der Waals surface area contributed by atoms with Crippen molar-refractivity contribution in [2.75, 3.05) is 18.0 Å². The second-order valence-corrected chi connectivity index (χ2v) is 5.46. The monoisotopic (exact) mass is 336 g/mol. The molecular formula is C18H19F3N2O. The van der Waals surface area contributed by atoms with Gasteiger partial charge in [-0.3, -0.25) is 4.79 Å². The molecule has 3 nitrogen and oxygen atoms in total. The van der Waals surface area contributed by atoms with Crippen LogP contribution in [0.15, 0.2) is 48.5 Å². The number of amides is 1. The van der Waals surface area contributed by atoms with Crippen molar-refractivity contribution in [2.45, 2.75) is 19.5 Å². The summed E-state index contributed by atoms with van der Waals surface area (Å²) in [6.45, 7) is 2.39. The molecule has 0 heterocycles. The molecule has 2 aromatic rings. The summed E-state index contributed by atoms with van der Waals surface area (Å²) >= 11 is 0. The number of nitrogens with two attached hydrogens (primary N) is 1. The first-order valence-electron chi connectivity index (χ1n) is 7.59. The molecule has 0 atom stereocenters. The molecule has 24 heavy (non-hydrogen) atoms. The van der Waals surface area contributed by atoms with Crippen LogP contribution in [0, 0.1) is 6.92 Å². The fourth-order valence-electron chi connectivity index (χ4n) is 2.41. The number of nitrogens with zero attached hydrogens (tertiary/aromatic N) is 1. The molecule has 0 aliphatic rings. The smallest absolute Gasteiger partial charge is 0.330 e. The van der Waals surface area contributed by atoms with Crippen molar-refractivity contribution in [3.8, 4) is 0 Å². The third kappa shape index (κ3) is 4.14. The number of benzene rings is 2. The lowest BCUT2D eigenvalue weighted by molar-refractivity contribution is -0.137. The Kier molecular flexibility index (Phi) is 5.62. The van der Waals surface area contributed by atoms with E-state index < -0.39 is 11.7 Å². The number of anilines is 1. The molecule has 2 N–H and O–H groups in total. The van der Waals surface area contributed by atoms with Crippen LogP contribution in [0.2, 0.25) is 0 Å². The molecule has 0 aliphatic carbocycles. The summed E-state index contributed by atoms with van der Waals surface area (Å²) in [5, 5.41) is 0. The number of hydrogen-bond donors (Lipinski definition) is 1. The minimum Gasteiger partial charge on any atom is -0.330 e. The Morgan fingerprint density at radius 1 is 1.12 bits per heavy atom. The van der Waals surface area contributed by atoms with Gasteiger partial charge in [-0.05, 0) is 49.7 Å². The maximum atomic E-state index is 12.9. The average Bonchev–Trinajstić information content (AvgIpc) is 2.55. The Balaban J connectivity index is 2.42. The van der Waals surface area contributed by atoms with Gasteiger partial charge in [-0.1, -0.05) is 24.3 Å². The van der Waals surface area contributed by atoms with Crippen molar-refractivity contribution >= 4 is 11.6 Å². The first-order valence-corrected chi connectivity index (χ1v) is 7.59. The zero-order valence-electron chi connectivity index (χ0n) is 13.3. The molecule has 0 fully saturated rings. The van der Waals surface area contributed by atoms with Crippen molar-refractivity contribution in [1.29, 1.82) is 0 Å². The molecule has 2 rings (SSSR count). The Morgan fingerprint density at radius 2 is 1.83 bits per heavy atom. The van der Waals surface area contributed by atoms with E-state index in [9.17, 15) is 18.0 Å². The summed E-state index contributed by atoms with van der Waals surface area (Å²) in [4.78, 5) is 14.2. The van der Waals surface area contributed by atoms with E-state index in [1.165, 1.54) is 17.0 Å². The summed E-state index contributed by atoms with van der Waals surface area (Å²) in [7, 11) is 0. The van der Waals surface area contributed by atoms with Gasteiger partial charge >= 0.3 is 6.18 Å². The highest BCUT2D eigenvalue weighted by molar-refractivity contribution is 6.07. The quantitative estimate of drug-likeness (QED) is 0.897. The van der Waals surface area contributed by atoms with Crippen LogP contribution >= 0.6 is 0 Å². The third-order valence-electron chi connectivity index (χ3n) is 3.69. The molecule has 0 aliphatic heterocycles. The van der Waals surface area contributed by atoms with E-state index in [0.29, 0.717) is 18.5 Å². The molecule has 0 spiro atoms. The van der Waals surface area contributed by atoms with Crippen LogP contribution < -0.4 is 10.6 Å². The Morgan fingerprint density at radius 3 is 2.46 bits per heavy atom. The number of hydrogen-bond acceptors (Lipinski definition) is 2. The highest BCUT2D eigenvalue weighted by atomic mass is 19.4. The van der Waals surface area contributed by atoms with Crippen LogP contribution in [0.4, 0.5) is 18.9 Å². The van der Waals surface area contributed by atoms with E-state index in [1.807, 2.05) is 0 Å². The summed E-state index contributed by atoms with van der Waals surface area (Å²) in [5.74, 6) is -0.333. The maximum Gasteiger partial charge on any atom is 0.416 e. The predicted molar refractivity (Wildman–Crippen MR) is 88.0 cm³/mol. The second kappa shape index (κ2) is 7.49. The first-order chi connectivity index (χ1) is 11.3. The summed E-state index contributed by atoms with van der Waals surface area (Å²) in [5.41, 5.74) is 6.17. The van der Waals surface area contributed by atoms with E-state index in [0.717, 1.165) is 17.7 Å². The minimum absolute atomic E-state index is 0.214. The lowest BCUT2D eigenvalue weighted by Crippen LogP contribution is -2.33. The van der Waals surface area contributed by atoms with Crippen LogP contribution in [-0.2, 0) is 6.18 Å². The van der Waals surface area contributed by atoms with Gasteiger partial charge in [0.2, 0.25) is 0 Å². The van der Waals surface area contributed by atoms with Gasteiger partial charge in [0.05, 0.1) is 5.56 Å². The molecule has 1 amide bonds. The van der Waals surface area contributed by atoms with Crippen LogP contribution in [0.5, 0.6) is 0 Å². The number of rotatable bonds is 5. The average molecular weight is 336 g/mol. The molecular weight excluding hydrogens is 317 g/mol. The van der Waals surface area contributed by atoms with Crippen LogP contribution in [0.25, 0.3) is 0 Å². The lowest BCUT2D eigenvalue weighted by Gasteiger charge is -2.24. The topological polar surface area (TPSA) is 46.3 Å². The number of aryl methyl sites for hydroxylation is 1. The fourth-order valence-corrected chi connectivity index (χ4v) is 2.41. The molecule has 2 aromatic carbocycles. The largest absolute Gasteiger partial charge is 0.416 e. The SMILES string of the molecule is Cc1ccccc1C(=O)N(CCCN)c1cccc(C(F)(F)F)c1. The minimum atomic E-state index is -4.46. The predicted octanol–water partition coefficient (Wildman–Crippen LogP) is 4.01. The van der Waals surface area contributed by atoms with E-state index in [1.54, 1.807) is 31.2 Å². The van der Waals surface area contributed by atoms with Gasteiger partial charge in [-0.15, -0.1) is 0 Å². The van der Waals surface area contributed by atoms with Gasteiger partial charge in [0.25, 0.3) is 5.91 Å². The molecule has 0 aromatic heterocycles. The second-order valence-electron chi connectivity index (χ2n) is 5.46. The van der Waals surface area contributed by atoms with Crippen molar-refractivity contribution in [3.63, 3.8) is 0 Å². The van der Waals surface area contributed by atoms with Gasteiger partial charge in [-0.25, -0.2) is 0 Å². The standard InChI is InChI=1S/C18H19F3N2O/c1-13-6-2-3-9-16(13)17(24)23(11-5-10-22)15-8-4-7-14(12-15)18(19,20)21/h2-4,6-9,12H,5,10-11,22H2,1H3. The van der Waals surface area contributed by atoms with Crippen LogP contribution in [0.3, 0.4) is 0 Å². The van der Waals surface area contributed by atoms with Crippen LogP contribution in [0.1, 0.15) is 27.9 Å². The highest BCUT2D eigenvalue weighted by Gasteiger charge is 2.31. The fraction of sp³-hybridized carbons (Fsp3) is 0.278. The van der Waals surface area contributed by atoms with Crippen LogP contribution in [-0.4, -0.2) is 19.0 Å². The normalized spacial score (nSPS) is 11.4. The lowest BCUT2D eigenvalue weighted by atomic mass is 10.1. The van der Waals surface area contributed by atoms with E-state index in [-0.39, 0.29) is 18.1 Å². The van der Waals surface area contributed by atoms with Gasteiger partial charge in [0, 0.05) is 17.8 Å².